The van der Waals surface area contributed by atoms with Crippen LogP contribution in [0.4, 0.5) is 0 Å². The van der Waals surface area contributed by atoms with E-state index in [0.29, 0.717) is 13.0 Å². The van der Waals surface area contributed by atoms with Crippen LogP contribution in [-0.4, -0.2) is 60.9 Å². The number of likely N-dealkylation sites (tertiary alicyclic amines) is 1. The molecule has 1 atom stereocenters. The molecule has 0 aromatic heterocycles. The fraction of sp³-hybridized carbons (Fsp3) is 0.360. The zero-order valence-electron chi connectivity index (χ0n) is 19.2. The van der Waals surface area contributed by atoms with Gasteiger partial charge in [-0.2, -0.15) is 0 Å². The van der Waals surface area contributed by atoms with Crippen LogP contribution in [0, 0.1) is 0 Å². The summed E-state index contributed by atoms with van der Waals surface area (Å²) >= 11 is 12.4. The van der Waals surface area contributed by atoms with E-state index in [-0.39, 0.29) is 32.7 Å². The number of hydrogen-bond donors (Lipinski definition) is 1. The van der Waals surface area contributed by atoms with Gasteiger partial charge in [0.2, 0.25) is 0 Å². The van der Waals surface area contributed by atoms with Crippen LogP contribution in [-0.2, 0) is 16.0 Å². The highest BCUT2D eigenvalue weighted by atomic mass is 35.5. The summed E-state index contributed by atoms with van der Waals surface area (Å²) < 4.78 is 5.36. The highest BCUT2D eigenvalue weighted by molar-refractivity contribution is 6.46. The number of nitrogens with zero attached hydrogens (tertiary/aromatic N) is 2. The number of carbonyl (C=O) groups excluding carboxylic acids is 2. The minimum absolute atomic E-state index is 0.00858. The van der Waals surface area contributed by atoms with Crippen molar-refractivity contribution in [1.82, 2.24) is 9.80 Å². The van der Waals surface area contributed by atoms with E-state index in [0.717, 1.165) is 24.1 Å². The molecular formula is C25H28Cl2N2O4. The summed E-state index contributed by atoms with van der Waals surface area (Å²) in [6.07, 6.45) is 1.54. The molecule has 1 heterocycles. The van der Waals surface area contributed by atoms with Gasteiger partial charge in [0.15, 0.2) is 0 Å². The minimum atomic E-state index is -0.750. The molecule has 2 aromatic carbocycles. The number of aliphatic hydroxyl groups is 1. The number of hydrogen-bond acceptors (Lipinski definition) is 5. The van der Waals surface area contributed by atoms with E-state index in [9.17, 15) is 14.7 Å². The first-order chi connectivity index (χ1) is 15.7. The van der Waals surface area contributed by atoms with Crippen LogP contribution in [0.1, 0.15) is 36.1 Å². The third-order valence-electron chi connectivity index (χ3n) is 5.72. The molecular weight excluding hydrogens is 463 g/mol. The third kappa shape index (κ3) is 5.18. The first-order valence-electron chi connectivity index (χ1n) is 10.7. The summed E-state index contributed by atoms with van der Waals surface area (Å²) in [7, 11) is 5.31. The smallest absolute Gasteiger partial charge is 0.295 e. The molecule has 1 amide bonds. The Morgan fingerprint density at radius 2 is 1.82 bits per heavy atom. The zero-order valence-corrected chi connectivity index (χ0v) is 20.7. The van der Waals surface area contributed by atoms with Gasteiger partial charge in [0.25, 0.3) is 11.7 Å². The van der Waals surface area contributed by atoms with Crippen molar-refractivity contribution in [2.75, 3.05) is 34.3 Å². The summed E-state index contributed by atoms with van der Waals surface area (Å²) in [6.45, 7) is 3.17. The van der Waals surface area contributed by atoms with Crippen molar-refractivity contribution in [3.63, 3.8) is 0 Å². The standard InChI is InChI=1S/C25H28Cl2N2O4/c1-5-15-7-9-16(10-8-15)21-20(23(31)25(32)29(21)12-6-11-28(2)3)22(30)18-13-17(26)14-19(27)24(18)33-4/h7-10,13-14,21,30H,5-6,11-12H2,1-4H3/b22-20+. The van der Waals surface area contributed by atoms with E-state index in [4.69, 9.17) is 27.9 Å². The predicted octanol–water partition coefficient (Wildman–Crippen LogP) is 4.94. The molecule has 1 fully saturated rings. The molecule has 3 rings (SSSR count). The summed E-state index contributed by atoms with van der Waals surface area (Å²) in [5, 5.41) is 11.8. The molecule has 1 aliphatic heterocycles. The predicted molar refractivity (Wildman–Crippen MR) is 131 cm³/mol. The van der Waals surface area contributed by atoms with Crippen molar-refractivity contribution in [3.8, 4) is 5.75 Å². The summed E-state index contributed by atoms with van der Waals surface area (Å²) in [6, 6.07) is 9.93. The number of aryl methyl sites for hydroxylation is 1. The molecule has 1 aliphatic rings. The van der Waals surface area contributed by atoms with E-state index in [1.165, 1.54) is 24.1 Å². The van der Waals surface area contributed by atoms with Crippen LogP contribution in [0.3, 0.4) is 0 Å². The number of halogens is 2. The van der Waals surface area contributed by atoms with E-state index in [1.54, 1.807) is 0 Å². The molecule has 176 valence electrons. The Morgan fingerprint density at radius 3 is 2.39 bits per heavy atom. The quantitative estimate of drug-likeness (QED) is 0.322. The maximum Gasteiger partial charge on any atom is 0.295 e. The van der Waals surface area contributed by atoms with Gasteiger partial charge >= 0.3 is 0 Å². The van der Waals surface area contributed by atoms with Crippen molar-refractivity contribution in [3.05, 3.63) is 68.7 Å². The molecule has 0 spiro atoms. The van der Waals surface area contributed by atoms with Crippen molar-refractivity contribution in [1.29, 1.82) is 0 Å². The maximum atomic E-state index is 13.2. The Hall–Kier alpha value is -2.54. The molecule has 1 unspecified atom stereocenters. The van der Waals surface area contributed by atoms with Crippen LogP contribution in [0.15, 0.2) is 42.0 Å². The second kappa shape index (κ2) is 10.6. The Morgan fingerprint density at radius 1 is 1.15 bits per heavy atom. The second-order valence-corrected chi connectivity index (χ2v) is 9.06. The van der Waals surface area contributed by atoms with Crippen molar-refractivity contribution in [2.24, 2.45) is 0 Å². The number of ether oxygens (including phenoxy) is 1. The Bertz CT molecular complexity index is 1080. The number of amides is 1. The number of methoxy groups -OCH3 is 1. The number of carbonyl (C=O) groups is 2. The molecule has 6 nitrogen and oxygen atoms in total. The molecule has 33 heavy (non-hydrogen) atoms. The molecule has 8 heteroatoms. The topological polar surface area (TPSA) is 70.1 Å². The van der Waals surface area contributed by atoms with E-state index >= 15 is 0 Å². The fourth-order valence-electron chi connectivity index (χ4n) is 4.04. The van der Waals surface area contributed by atoms with Crippen LogP contribution in [0.5, 0.6) is 5.75 Å². The van der Waals surface area contributed by atoms with Crippen LogP contribution < -0.4 is 4.74 Å². The third-order valence-corrected chi connectivity index (χ3v) is 6.21. The van der Waals surface area contributed by atoms with Gasteiger partial charge in [-0.1, -0.05) is 54.4 Å². The van der Waals surface area contributed by atoms with Gasteiger partial charge in [-0.05, 0) is 56.7 Å². The molecule has 0 bridgehead atoms. The van der Waals surface area contributed by atoms with E-state index in [2.05, 4.69) is 6.92 Å². The lowest BCUT2D eigenvalue weighted by atomic mass is 9.94. The van der Waals surface area contributed by atoms with Gasteiger partial charge in [0.05, 0.1) is 29.3 Å². The average molecular weight is 491 g/mol. The maximum absolute atomic E-state index is 13.2. The molecule has 1 saturated heterocycles. The minimum Gasteiger partial charge on any atom is -0.507 e. The van der Waals surface area contributed by atoms with Gasteiger partial charge in [0.1, 0.15) is 11.5 Å². The Kier molecular flexibility index (Phi) is 8.05. The average Bonchev–Trinajstić information content (AvgIpc) is 3.03. The first-order valence-corrected chi connectivity index (χ1v) is 11.5. The number of Topliss-reactive ketones (excluding diaryl/α,β-unsaturated/α-hetero) is 1. The SMILES string of the molecule is CCc1ccc(C2/C(=C(\O)c3cc(Cl)cc(Cl)c3OC)C(=O)C(=O)N2CCCN(C)C)cc1. The van der Waals surface area contributed by atoms with Crippen LogP contribution in [0.2, 0.25) is 10.0 Å². The van der Waals surface area contributed by atoms with Crippen molar-refractivity contribution in [2.45, 2.75) is 25.8 Å². The molecule has 0 saturated carbocycles. The number of benzene rings is 2. The van der Waals surface area contributed by atoms with Crippen molar-refractivity contribution < 1.29 is 19.4 Å². The summed E-state index contributed by atoms with van der Waals surface area (Å²) in [4.78, 5) is 29.8. The largest absolute Gasteiger partial charge is 0.507 e. The second-order valence-electron chi connectivity index (χ2n) is 8.21. The lowest BCUT2D eigenvalue weighted by Gasteiger charge is -2.26. The van der Waals surface area contributed by atoms with E-state index < -0.39 is 17.7 Å². The number of ketones is 1. The number of aliphatic hydroxyl groups excluding tert-OH is 1. The fourth-order valence-corrected chi connectivity index (χ4v) is 4.61. The van der Waals surface area contributed by atoms with Gasteiger partial charge in [-0.25, -0.2) is 0 Å². The van der Waals surface area contributed by atoms with Gasteiger partial charge in [-0.15, -0.1) is 0 Å². The Balaban J connectivity index is 2.18. The normalized spacial score (nSPS) is 17.8. The summed E-state index contributed by atoms with van der Waals surface area (Å²) in [5.41, 5.74) is 2.03. The molecule has 0 radical (unpaired) electrons. The van der Waals surface area contributed by atoms with Gasteiger partial charge in [0, 0.05) is 11.6 Å². The molecule has 1 N–H and O–H groups in total. The molecule has 2 aromatic rings. The lowest BCUT2D eigenvalue weighted by molar-refractivity contribution is -0.139. The van der Waals surface area contributed by atoms with Crippen LogP contribution in [0.25, 0.3) is 5.76 Å². The monoisotopic (exact) mass is 490 g/mol. The molecule has 0 aliphatic carbocycles. The number of rotatable bonds is 8. The van der Waals surface area contributed by atoms with E-state index in [1.807, 2.05) is 43.3 Å². The highest BCUT2D eigenvalue weighted by Crippen LogP contribution is 2.43. The lowest BCUT2D eigenvalue weighted by Crippen LogP contribution is -2.32. The summed E-state index contributed by atoms with van der Waals surface area (Å²) in [5.74, 6) is -1.58. The Labute approximate surface area is 204 Å². The van der Waals surface area contributed by atoms with Crippen molar-refractivity contribution >= 4 is 40.7 Å². The van der Waals surface area contributed by atoms with Crippen LogP contribution >= 0.6 is 23.2 Å². The first kappa shape index (κ1) is 25.1. The van der Waals surface area contributed by atoms with Gasteiger partial charge < -0.3 is 19.6 Å². The van der Waals surface area contributed by atoms with Gasteiger partial charge in [-0.3, -0.25) is 9.59 Å². The zero-order chi connectivity index (χ0) is 24.3. The highest BCUT2D eigenvalue weighted by Gasteiger charge is 2.46.